The predicted octanol–water partition coefficient (Wildman–Crippen LogP) is 2.94. The molecule has 0 bridgehead atoms. The highest BCUT2D eigenvalue weighted by atomic mass is 127. The van der Waals surface area contributed by atoms with Crippen LogP contribution in [0, 0.1) is 5.92 Å². The second-order valence-corrected chi connectivity index (χ2v) is 6.55. The number of nitrogens with two attached hydrogens (primary N) is 1. The molecule has 0 aromatic carbocycles. The van der Waals surface area contributed by atoms with Crippen molar-refractivity contribution in [1.29, 1.82) is 0 Å². The van der Waals surface area contributed by atoms with E-state index in [0.29, 0.717) is 12.5 Å². The molecule has 1 unspecified atom stereocenters. The summed E-state index contributed by atoms with van der Waals surface area (Å²) < 4.78 is 0. The molecular weight excluding hydrogens is 389 g/mol. The fourth-order valence-corrected chi connectivity index (χ4v) is 2.73. The van der Waals surface area contributed by atoms with Crippen molar-refractivity contribution in [1.82, 2.24) is 9.88 Å². The molecule has 3 N–H and O–H groups in total. The highest BCUT2D eigenvalue weighted by Crippen LogP contribution is 2.24. The quantitative estimate of drug-likeness (QED) is 0.449. The van der Waals surface area contributed by atoms with Crippen LogP contribution in [0.4, 0.5) is 5.82 Å². The number of likely N-dealkylation sites (tertiary alicyclic amines) is 1. The van der Waals surface area contributed by atoms with Crippen LogP contribution in [0.25, 0.3) is 0 Å². The second-order valence-electron chi connectivity index (χ2n) is 6.55. The molecule has 1 fully saturated rings. The number of hydrogen-bond acceptors (Lipinski definition) is 3. The van der Waals surface area contributed by atoms with E-state index in [2.05, 4.69) is 41.0 Å². The van der Waals surface area contributed by atoms with Gasteiger partial charge < -0.3 is 11.1 Å². The van der Waals surface area contributed by atoms with Crippen LogP contribution in [0.1, 0.15) is 33.6 Å². The van der Waals surface area contributed by atoms with E-state index < -0.39 is 0 Å². The molecule has 124 valence electrons. The van der Waals surface area contributed by atoms with Crippen molar-refractivity contribution in [3.05, 3.63) is 24.4 Å². The van der Waals surface area contributed by atoms with Crippen molar-refractivity contribution in [2.45, 2.75) is 39.2 Å². The van der Waals surface area contributed by atoms with Gasteiger partial charge in [0.25, 0.3) is 0 Å². The van der Waals surface area contributed by atoms with Gasteiger partial charge in [-0.25, -0.2) is 4.98 Å². The lowest BCUT2D eigenvalue weighted by Crippen LogP contribution is -2.51. The number of nitrogens with zero attached hydrogens (tertiary/aromatic N) is 3. The largest absolute Gasteiger partial charge is 0.370 e. The van der Waals surface area contributed by atoms with Gasteiger partial charge in [-0.15, -0.1) is 24.0 Å². The van der Waals surface area contributed by atoms with Gasteiger partial charge in [0.15, 0.2) is 5.96 Å². The highest BCUT2D eigenvalue weighted by Gasteiger charge is 2.29. The summed E-state index contributed by atoms with van der Waals surface area (Å²) in [6, 6.07) is 5.67. The van der Waals surface area contributed by atoms with Crippen LogP contribution < -0.4 is 11.1 Å². The van der Waals surface area contributed by atoms with Crippen molar-refractivity contribution in [2.75, 3.05) is 25.0 Å². The lowest BCUT2D eigenvalue weighted by Gasteiger charge is -2.42. The van der Waals surface area contributed by atoms with Gasteiger partial charge in [-0.1, -0.05) is 13.0 Å². The number of guanidine groups is 1. The van der Waals surface area contributed by atoms with Crippen LogP contribution in [-0.2, 0) is 0 Å². The first-order valence-corrected chi connectivity index (χ1v) is 7.70. The predicted molar refractivity (Wildman–Crippen MR) is 104 cm³/mol. The van der Waals surface area contributed by atoms with Crippen LogP contribution in [0.2, 0.25) is 0 Å². The number of pyridine rings is 1. The number of aliphatic imine (C=N–C) groups is 1. The Hall–Kier alpha value is -0.890. The van der Waals surface area contributed by atoms with Gasteiger partial charge >= 0.3 is 0 Å². The fourth-order valence-electron chi connectivity index (χ4n) is 2.73. The molecule has 1 aromatic rings. The van der Waals surface area contributed by atoms with E-state index in [1.54, 1.807) is 6.20 Å². The zero-order valence-electron chi connectivity index (χ0n) is 13.7. The molecule has 2 rings (SSSR count). The average Bonchev–Trinajstić information content (AvgIpc) is 2.46. The molecule has 0 saturated carbocycles. The van der Waals surface area contributed by atoms with Crippen molar-refractivity contribution in [3.8, 4) is 0 Å². The minimum Gasteiger partial charge on any atom is -0.370 e. The third-order valence-electron chi connectivity index (χ3n) is 4.07. The monoisotopic (exact) mass is 417 g/mol. The maximum Gasteiger partial charge on any atom is 0.194 e. The number of halogens is 1. The van der Waals surface area contributed by atoms with Crippen LogP contribution in [0.5, 0.6) is 0 Å². The molecule has 22 heavy (non-hydrogen) atoms. The number of piperidine rings is 1. The van der Waals surface area contributed by atoms with E-state index in [1.807, 2.05) is 18.2 Å². The molecule has 0 spiro atoms. The summed E-state index contributed by atoms with van der Waals surface area (Å²) in [5, 5.41) is 3.02. The minimum atomic E-state index is 0. The number of hydrogen-bond donors (Lipinski definition) is 2. The van der Waals surface area contributed by atoms with Gasteiger partial charge in [-0.3, -0.25) is 9.89 Å². The molecule has 1 aliphatic rings. The smallest absolute Gasteiger partial charge is 0.194 e. The van der Waals surface area contributed by atoms with Crippen molar-refractivity contribution < 1.29 is 0 Å². The lowest BCUT2D eigenvalue weighted by molar-refractivity contribution is 0.0775. The first-order valence-electron chi connectivity index (χ1n) is 7.70. The zero-order chi connectivity index (χ0) is 15.3. The summed E-state index contributed by atoms with van der Waals surface area (Å²) in [5.74, 6) is 1.92. The van der Waals surface area contributed by atoms with Crippen LogP contribution in [-0.4, -0.2) is 41.0 Å². The van der Waals surface area contributed by atoms with Gasteiger partial charge in [0.2, 0.25) is 0 Å². The molecule has 2 heterocycles. The second kappa shape index (κ2) is 8.67. The number of rotatable bonds is 4. The Morgan fingerprint density at radius 1 is 1.50 bits per heavy atom. The summed E-state index contributed by atoms with van der Waals surface area (Å²) in [7, 11) is 0. The topological polar surface area (TPSA) is 66.5 Å². The Labute approximate surface area is 150 Å². The van der Waals surface area contributed by atoms with E-state index >= 15 is 0 Å². The Kier molecular flexibility index (Phi) is 7.55. The molecule has 1 aliphatic heterocycles. The minimum absolute atomic E-state index is 0. The Morgan fingerprint density at radius 3 is 2.91 bits per heavy atom. The molecule has 1 aromatic heterocycles. The van der Waals surface area contributed by atoms with Gasteiger partial charge in [-0.05, 0) is 51.3 Å². The van der Waals surface area contributed by atoms with E-state index in [4.69, 9.17) is 5.73 Å². The molecule has 0 amide bonds. The zero-order valence-corrected chi connectivity index (χ0v) is 16.1. The third-order valence-corrected chi connectivity index (χ3v) is 4.07. The van der Waals surface area contributed by atoms with Crippen LogP contribution in [0.15, 0.2) is 29.4 Å². The Morgan fingerprint density at radius 2 is 2.27 bits per heavy atom. The van der Waals surface area contributed by atoms with E-state index in [0.717, 1.165) is 24.8 Å². The molecule has 1 atom stereocenters. The van der Waals surface area contributed by atoms with Crippen LogP contribution >= 0.6 is 24.0 Å². The summed E-state index contributed by atoms with van der Waals surface area (Å²) in [5.41, 5.74) is 5.98. The Bertz CT molecular complexity index is 475. The molecule has 1 saturated heterocycles. The summed E-state index contributed by atoms with van der Waals surface area (Å²) in [6.45, 7) is 9.79. The Balaban J connectivity index is 0.00000242. The number of aromatic nitrogens is 1. The van der Waals surface area contributed by atoms with Gasteiger partial charge in [-0.2, -0.15) is 0 Å². The van der Waals surface area contributed by atoms with Crippen LogP contribution in [0.3, 0.4) is 0 Å². The summed E-state index contributed by atoms with van der Waals surface area (Å²) >= 11 is 0. The molecular formula is C16H28IN5. The van der Waals surface area contributed by atoms with E-state index in [9.17, 15) is 0 Å². The maximum atomic E-state index is 5.95. The summed E-state index contributed by atoms with van der Waals surface area (Å²) in [6.07, 6.45) is 4.34. The third kappa shape index (κ3) is 5.72. The molecule has 0 radical (unpaired) electrons. The lowest BCUT2D eigenvalue weighted by atomic mass is 9.94. The van der Waals surface area contributed by atoms with Crippen molar-refractivity contribution >= 4 is 35.8 Å². The first-order chi connectivity index (χ1) is 9.97. The van der Waals surface area contributed by atoms with Gasteiger partial charge in [0.1, 0.15) is 5.82 Å². The summed E-state index contributed by atoms with van der Waals surface area (Å²) in [4.78, 5) is 11.2. The number of nitrogens with one attached hydrogen (secondary N) is 1. The SMILES string of the molecule is CC1CCCN(C(C)(C)CN=C(N)Nc2ccccn2)C1.I. The highest BCUT2D eigenvalue weighted by molar-refractivity contribution is 14.0. The maximum absolute atomic E-state index is 5.95. The first kappa shape index (κ1) is 19.2. The fraction of sp³-hybridized carbons (Fsp3) is 0.625. The van der Waals surface area contributed by atoms with Crippen molar-refractivity contribution in [2.24, 2.45) is 16.6 Å². The van der Waals surface area contributed by atoms with Crippen molar-refractivity contribution in [3.63, 3.8) is 0 Å². The molecule has 0 aliphatic carbocycles. The molecule has 5 nitrogen and oxygen atoms in total. The normalized spacial score (nSPS) is 20.3. The van der Waals surface area contributed by atoms with Gasteiger partial charge in [0, 0.05) is 18.3 Å². The standard InChI is InChI=1S/C16H27N5.HI/c1-13-7-6-10-21(11-13)16(2,3)12-19-15(17)20-14-8-4-5-9-18-14;/h4-5,8-9,13H,6-7,10-12H2,1-3H3,(H3,17,18,19,20);1H. The molecule has 6 heteroatoms. The average molecular weight is 417 g/mol. The van der Waals surface area contributed by atoms with Gasteiger partial charge in [0.05, 0.1) is 6.54 Å². The van der Waals surface area contributed by atoms with E-state index in [-0.39, 0.29) is 29.5 Å². The number of anilines is 1. The van der Waals surface area contributed by atoms with E-state index in [1.165, 1.54) is 12.8 Å².